The van der Waals surface area contributed by atoms with Crippen molar-refractivity contribution in [2.24, 2.45) is 0 Å². The lowest BCUT2D eigenvalue weighted by molar-refractivity contribution is 0.0868. The lowest BCUT2D eigenvalue weighted by Gasteiger charge is -2.23. The van der Waals surface area contributed by atoms with Crippen LogP contribution in [0.25, 0.3) is 11.3 Å². The zero-order chi connectivity index (χ0) is 21.9. The van der Waals surface area contributed by atoms with Crippen molar-refractivity contribution in [3.63, 3.8) is 0 Å². The van der Waals surface area contributed by atoms with Gasteiger partial charge in [0, 0.05) is 26.9 Å². The number of benzene rings is 2. The number of nitrogens with zero attached hydrogens (tertiary/aromatic N) is 1. The van der Waals surface area contributed by atoms with Gasteiger partial charge in [-0.3, -0.25) is 14.7 Å². The van der Waals surface area contributed by atoms with Crippen LogP contribution in [0.3, 0.4) is 0 Å². The van der Waals surface area contributed by atoms with E-state index in [2.05, 4.69) is 20.8 Å². The number of aromatic nitrogens is 2. The Kier molecular flexibility index (Phi) is 6.45. The molecule has 1 aromatic heterocycles. The summed E-state index contributed by atoms with van der Waals surface area (Å²) in [5, 5.41) is 22.5. The van der Waals surface area contributed by atoms with Gasteiger partial charge in [-0.2, -0.15) is 5.10 Å². The minimum atomic E-state index is -0.795. The summed E-state index contributed by atoms with van der Waals surface area (Å²) in [6.45, 7) is 3.15. The number of halogens is 2. The Balaban J connectivity index is 1.76. The molecular formula is C21H20Cl2N4O3. The van der Waals surface area contributed by atoms with E-state index in [-0.39, 0.29) is 22.9 Å². The Morgan fingerprint density at radius 1 is 1.03 bits per heavy atom. The number of aliphatic hydroxyl groups excluding tert-OH is 1. The smallest absolute Gasteiger partial charge is 0.273 e. The zero-order valence-corrected chi connectivity index (χ0v) is 17.8. The number of carbonyl (C=O) groups excluding carboxylic acids is 2. The van der Waals surface area contributed by atoms with Crippen LogP contribution in [0.15, 0.2) is 48.5 Å². The largest absolute Gasteiger partial charge is 0.394 e. The van der Waals surface area contributed by atoms with Gasteiger partial charge in [0.15, 0.2) is 0 Å². The van der Waals surface area contributed by atoms with Crippen LogP contribution in [0.5, 0.6) is 0 Å². The van der Waals surface area contributed by atoms with Crippen LogP contribution in [0.2, 0.25) is 10.0 Å². The van der Waals surface area contributed by atoms with Crippen molar-refractivity contribution in [1.29, 1.82) is 0 Å². The van der Waals surface area contributed by atoms with Gasteiger partial charge < -0.3 is 15.7 Å². The van der Waals surface area contributed by atoms with Gasteiger partial charge >= 0.3 is 0 Å². The molecule has 0 bridgehead atoms. The highest BCUT2D eigenvalue weighted by molar-refractivity contribution is 6.31. The van der Waals surface area contributed by atoms with Crippen molar-refractivity contribution in [2.75, 3.05) is 11.9 Å². The van der Waals surface area contributed by atoms with E-state index in [4.69, 9.17) is 23.2 Å². The molecule has 2 amide bonds. The SMILES string of the molecule is CC(C)(CO)NC(=O)c1cc(Cl)cc(NC(=O)c2cc(-c3ccc(Cl)cc3)n[nH]2)c1. The Morgan fingerprint density at radius 3 is 2.40 bits per heavy atom. The van der Waals surface area contributed by atoms with Gasteiger partial charge in [-0.1, -0.05) is 35.3 Å². The van der Waals surface area contributed by atoms with E-state index in [1.165, 1.54) is 18.2 Å². The number of rotatable bonds is 6. The standard InChI is InChI=1S/C21H20Cl2N4O3/c1-21(2,11-28)25-19(29)13-7-15(23)9-16(8-13)24-20(30)18-10-17(26-27-18)12-3-5-14(22)6-4-12/h3-10,28H,11H2,1-2H3,(H,24,30)(H,25,29)(H,26,27). The highest BCUT2D eigenvalue weighted by atomic mass is 35.5. The summed E-state index contributed by atoms with van der Waals surface area (Å²) in [4.78, 5) is 25.0. The molecule has 0 radical (unpaired) electrons. The van der Waals surface area contributed by atoms with Gasteiger partial charge in [0.2, 0.25) is 0 Å². The molecule has 156 valence electrons. The van der Waals surface area contributed by atoms with Crippen molar-refractivity contribution in [3.8, 4) is 11.3 Å². The molecule has 1 heterocycles. The second kappa shape index (κ2) is 8.87. The average molecular weight is 447 g/mol. The summed E-state index contributed by atoms with van der Waals surface area (Å²) >= 11 is 12.0. The predicted octanol–water partition coefficient (Wildman–Crippen LogP) is 4.14. The second-order valence-electron chi connectivity index (χ2n) is 7.35. The summed E-state index contributed by atoms with van der Waals surface area (Å²) in [5.74, 6) is -0.856. The molecule has 3 rings (SSSR count). The first-order chi connectivity index (χ1) is 14.2. The molecule has 7 nitrogen and oxygen atoms in total. The van der Waals surface area contributed by atoms with E-state index in [1.807, 2.05) is 0 Å². The van der Waals surface area contributed by atoms with Gasteiger partial charge in [-0.25, -0.2) is 0 Å². The summed E-state index contributed by atoms with van der Waals surface area (Å²) in [7, 11) is 0. The normalized spacial score (nSPS) is 11.2. The van der Waals surface area contributed by atoms with Gasteiger partial charge in [-0.15, -0.1) is 0 Å². The van der Waals surface area contributed by atoms with E-state index in [1.54, 1.807) is 44.2 Å². The zero-order valence-electron chi connectivity index (χ0n) is 16.3. The third-order valence-corrected chi connectivity index (χ3v) is 4.70. The van der Waals surface area contributed by atoms with E-state index in [0.717, 1.165) is 5.56 Å². The van der Waals surface area contributed by atoms with Crippen molar-refractivity contribution in [2.45, 2.75) is 19.4 Å². The Morgan fingerprint density at radius 2 is 1.73 bits per heavy atom. The number of hydrogen-bond donors (Lipinski definition) is 4. The monoisotopic (exact) mass is 446 g/mol. The van der Waals surface area contributed by atoms with Crippen LogP contribution >= 0.6 is 23.2 Å². The summed E-state index contributed by atoms with van der Waals surface area (Å²) in [6, 6.07) is 13.2. The van der Waals surface area contributed by atoms with E-state index < -0.39 is 17.4 Å². The van der Waals surface area contributed by atoms with Crippen LogP contribution in [-0.4, -0.2) is 39.3 Å². The Labute approximate surface area is 183 Å². The Bertz CT molecular complexity index is 1080. The molecule has 9 heteroatoms. The first-order valence-electron chi connectivity index (χ1n) is 9.03. The van der Waals surface area contributed by atoms with Crippen molar-refractivity contribution in [1.82, 2.24) is 15.5 Å². The maximum absolute atomic E-state index is 12.6. The second-order valence-corrected chi connectivity index (χ2v) is 8.23. The van der Waals surface area contributed by atoms with Crippen molar-refractivity contribution in [3.05, 3.63) is 69.8 Å². The minimum absolute atomic E-state index is 0.224. The number of aromatic amines is 1. The molecule has 3 aromatic rings. The molecule has 0 saturated heterocycles. The van der Waals surface area contributed by atoms with Crippen LogP contribution in [0.1, 0.15) is 34.7 Å². The maximum Gasteiger partial charge on any atom is 0.273 e. The third kappa shape index (κ3) is 5.38. The molecule has 0 spiro atoms. The third-order valence-electron chi connectivity index (χ3n) is 4.23. The molecule has 0 atom stereocenters. The highest BCUT2D eigenvalue weighted by Crippen LogP contribution is 2.22. The summed E-state index contributed by atoms with van der Waals surface area (Å²) in [5.41, 5.74) is 1.45. The molecular weight excluding hydrogens is 427 g/mol. The predicted molar refractivity (Wildman–Crippen MR) is 117 cm³/mol. The lowest BCUT2D eigenvalue weighted by Crippen LogP contribution is -2.46. The van der Waals surface area contributed by atoms with Crippen molar-refractivity contribution >= 4 is 40.7 Å². The molecule has 0 unspecified atom stereocenters. The first kappa shape index (κ1) is 21.8. The van der Waals surface area contributed by atoms with Crippen molar-refractivity contribution < 1.29 is 14.7 Å². The number of H-pyrrole nitrogens is 1. The number of nitrogens with one attached hydrogen (secondary N) is 3. The van der Waals surface area contributed by atoms with Crippen LogP contribution < -0.4 is 10.6 Å². The molecule has 0 aliphatic rings. The summed E-state index contributed by atoms with van der Waals surface area (Å²) < 4.78 is 0. The first-order valence-corrected chi connectivity index (χ1v) is 9.79. The fourth-order valence-electron chi connectivity index (χ4n) is 2.62. The van der Waals surface area contributed by atoms with E-state index in [0.29, 0.717) is 16.4 Å². The molecule has 0 aliphatic heterocycles. The fourth-order valence-corrected chi connectivity index (χ4v) is 2.98. The van der Waals surface area contributed by atoms with Gasteiger partial charge in [0.25, 0.3) is 11.8 Å². The van der Waals surface area contributed by atoms with Crippen LogP contribution in [0, 0.1) is 0 Å². The maximum atomic E-state index is 12.6. The Hall–Kier alpha value is -2.87. The highest BCUT2D eigenvalue weighted by Gasteiger charge is 2.21. The molecule has 0 fully saturated rings. The van der Waals surface area contributed by atoms with E-state index in [9.17, 15) is 14.7 Å². The topological polar surface area (TPSA) is 107 Å². The quantitative estimate of drug-likeness (QED) is 0.456. The molecule has 0 saturated carbocycles. The number of aliphatic hydroxyl groups is 1. The van der Waals surface area contributed by atoms with E-state index >= 15 is 0 Å². The van der Waals surface area contributed by atoms with Crippen LogP contribution in [-0.2, 0) is 0 Å². The van der Waals surface area contributed by atoms with Gasteiger partial charge in [0.05, 0.1) is 17.8 Å². The molecule has 0 aliphatic carbocycles. The number of amides is 2. The summed E-state index contributed by atoms with van der Waals surface area (Å²) in [6.07, 6.45) is 0. The molecule has 2 aromatic carbocycles. The lowest BCUT2D eigenvalue weighted by atomic mass is 10.1. The molecule has 30 heavy (non-hydrogen) atoms. The number of hydrogen-bond acceptors (Lipinski definition) is 4. The number of anilines is 1. The minimum Gasteiger partial charge on any atom is -0.394 e. The van der Waals surface area contributed by atoms with Gasteiger partial charge in [-0.05, 0) is 50.2 Å². The van der Waals surface area contributed by atoms with Gasteiger partial charge in [0.1, 0.15) is 5.69 Å². The van der Waals surface area contributed by atoms with Crippen LogP contribution in [0.4, 0.5) is 5.69 Å². The fraction of sp³-hybridized carbons (Fsp3) is 0.190. The molecule has 4 N–H and O–H groups in total. The average Bonchev–Trinajstić information content (AvgIpc) is 3.18. The number of carbonyl (C=O) groups is 2.